The van der Waals surface area contributed by atoms with E-state index in [1.165, 1.54) is 6.07 Å². The number of nitrogens with one attached hydrogen (secondary N) is 1. The van der Waals surface area contributed by atoms with E-state index in [9.17, 15) is 18.0 Å². The Morgan fingerprint density at radius 2 is 1.74 bits per heavy atom. The van der Waals surface area contributed by atoms with Gasteiger partial charge in [-0.05, 0) is 67.8 Å². The zero-order chi connectivity index (χ0) is 19.6. The van der Waals surface area contributed by atoms with Gasteiger partial charge < -0.3 is 10.2 Å². The number of hydrogen-bond donors (Lipinski definition) is 1. The van der Waals surface area contributed by atoms with Gasteiger partial charge in [0.1, 0.15) is 0 Å². The predicted molar refractivity (Wildman–Crippen MR) is 100 cm³/mol. The zero-order valence-corrected chi connectivity index (χ0v) is 15.6. The first-order valence-electron chi connectivity index (χ1n) is 8.72. The zero-order valence-electron chi connectivity index (χ0n) is 14.8. The van der Waals surface area contributed by atoms with Gasteiger partial charge in [-0.1, -0.05) is 11.6 Å². The van der Waals surface area contributed by atoms with Crippen molar-refractivity contribution >= 4 is 23.2 Å². The molecule has 144 valence electrons. The molecule has 0 unspecified atom stereocenters. The molecule has 3 rings (SSSR count). The first-order valence-corrected chi connectivity index (χ1v) is 9.10. The Bertz CT molecular complexity index is 813. The van der Waals surface area contributed by atoms with Gasteiger partial charge in [0.15, 0.2) is 0 Å². The second kappa shape index (κ2) is 7.80. The normalized spacial score (nSPS) is 15.7. The number of nitrogens with zero attached hydrogens (tertiary/aromatic N) is 1. The highest BCUT2D eigenvalue weighted by atomic mass is 35.5. The first kappa shape index (κ1) is 19.5. The van der Waals surface area contributed by atoms with Gasteiger partial charge in [0.2, 0.25) is 0 Å². The minimum Gasteiger partial charge on any atom is -0.382 e. The summed E-state index contributed by atoms with van der Waals surface area (Å²) < 4.78 is 39.0. The minimum atomic E-state index is -4.46. The summed E-state index contributed by atoms with van der Waals surface area (Å²) in [6, 6.07) is 11.1. The van der Waals surface area contributed by atoms with Crippen molar-refractivity contribution in [1.29, 1.82) is 0 Å². The fourth-order valence-electron chi connectivity index (χ4n) is 3.26. The average molecular weight is 397 g/mol. The van der Waals surface area contributed by atoms with Crippen LogP contribution in [0.3, 0.4) is 0 Å². The fraction of sp³-hybridized carbons (Fsp3) is 0.350. The number of halogens is 4. The van der Waals surface area contributed by atoms with Crippen molar-refractivity contribution in [3.63, 3.8) is 0 Å². The average Bonchev–Trinajstić information content (AvgIpc) is 2.62. The van der Waals surface area contributed by atoms with E-state index < -0.39 is 11.7 Å². The molecule has 1 saturated heterocycles. The van der Waals surface area contributed by atoms with Crippen LogP contribution in [0.15, 0.2) is 42.5 Å². The molecule has 1 fully saturated rings. The van der Waals surface area contributed by atoms with Crippen molar-refractivity contribution in [3.8, 4) is 0 Å². The lowest BCUT2D eigenvalue weighted by molar-refractivity contribution is -0.137. The molecule has 2 aromatic carbocycles. The van der Waals surface area contributed by atoms with Gasteiger partial charge in [-0.25, -0.2) is 0 Å². The van der Waals surface area contributed by atoms with Gasteiger partial charge in [-0.2, -0.15) is 13.2 Å². The van der Waals surface area contributed by atoms with E-state index in [0.717, 1.165) is 30.7 Å². The van der Waals surface area contributed by atoms with Gasteiger partial charge in [-0.15, -0.1) is 0 Å². The summed E-state index contributed by atoms with van der Waals surface area (Å²) >= 11 is 5.87. The summed E-state index contributed by atoms with van der Waals surface area (Å²) in [5, 5.41) is 4.06. The number of rotatable bonds is 3. The molecule has 1 aliphatic rings. The molecule has 27 heavy (non-hydrogen) atoms. The molecule has 1 amide bonds. The molecule has 7 heteroatoms. The molecular formula is C20H20ClF3N2O. The van der Waals surface area contributed by atoms with Crippen molar-refractivity contribution in [2.45, 2.75) is 32.0 Å². The minimum absolute atomic E-state index is 0.0893. The van der Waals surface area contributed by atoms with Crippen LogP contribution >= 0.6 is 11.6 Å². The van der Waals surface area contributed by atoms with Crippen LogP contribution in [0.25, 0.3) is 0 Å². The topological polar surface area (TPSA) is 32.3 Å². The summed E-state index contributed by atoms with van der Waals surface area (Å²) in [4.78, 5) is 14.3. The molecule has 0 aliphatic carbocycles. The number of carbonyl (C=O) groups excluding carboxylic acids is 1. The largest absolute Gasteiger partial charge is 0.416 e. The number of amides is 1. The molecule has 1 heterocycles. The third-order valence-corrected chi connectivity index (χ3v) is 4.90. The fourth-order valence-corrected chi connectivity index (χ4v) is 3.39. The highest BCUT2D eigenvalue weighted by molar-refractivity contribution is 6.30. The van der Waals surface area contributed by atoms with E-state index >= 15 is 0 Å². The third-order valence-electron chi connectivity index (χ3n) is 4.65. The Hall–Kier alpha value is -2.21. The van der Waals surface area contributed by atoms with Crippen molar-refractivity contribution in [1.82, 2.24) is 4.90 Å². The number of aryl methyl sites for hydroxylation is 1. The SMILES string of the molecule is Cc1cc(C(=O)N2CCC(Nc3ccc(Cl)cc3)CC2)cc(C(F)(F)F)c1. The van der Waals surface area contributed by atoms with Gasteiger partial charge in [0.25, 0.3) is 5.91 Å². The first-order chi connectivity index (χ1) is 12.7. The molecule has 1 N–H and O–H groups in total. The molecule has 3 nitrogen and oxygen atoms in total. The second-order valence-corrected chi connectivity index (χ2v) is 7.24. The lowest BCUT2D eigenvalue weighted by Crippen LogP contribution is -2.42. The summed E-state index contributed by atoms with van der Waals surface area (Å²) in [5.41, 5.74) is 0.682. The number of carbonyl (C=O) groups is 1. The quantitative estimate of drug-likeness (QED) is 0.755. The van der Waals surface area contributed by atoms with Gasteiger partial charge in [0, 0.05) is 35.4 Å². The van der Waals surface area contributed by atoms with Crippen LogP contribution in [-0.2, 0) is 6.18 Å². The van der Waals surface area contributed by atoms with E-state index in [1.807, 2.05) is 12.1 Å². The van der Waals surface area contributed by atoms with E-state index in [2.05, 4.69) is 5.32 Å². The highest BCUT2D eigenvalue weighted by Crippen LogP contribution is 2.31. The Labute approximate surface area is 161 Å². The number of piperidine rings is 1. The van der Waals surface area contributed by atoms with Crippen molar-refractivity contribution in [2.75, 3.05) is 18.4 Å². The third kappa shape index (κ3) is 4.95. The Morgan fingerprint density at radius 3 is 2.33 bits per heavy atom. The summed E-state index contributed by atoms with van der Waals surface area (Å²) in [6.45, 7) is 2.56. The van der Waals surface area contributed by atoms with E-state index in [4.69, 9.17) is 11.6 Å². The Morgan fingerprint density at radius 1 is 1.11 bits per heavy atom. The number of anilines is 1. The predicted octanol–water partition coefficient (Wildman–Crippen LogP) is 5.38. The van der Waals surface area contributed by atoms with Crippen molar-refractivity contribution in [3.05, 3.63) is 64.2 Å². The molecule has 0 saturated carbocycles. The lowest BCUT2D eigenvalue weighted by Gasteiger charge is -2.33. The molecule has 0 aromatic heterocycles. The van der Waals surface area contributed by atoms with Crippen LogP contribution < -0.4 is 5.32 Å². The van der Waals surface area contributed by atoms with Crippen molar-refractivity contribution in [2.24, 2.45) is 0 Å². The van der Waals surface area contributed by atoms with Crippen LogP contribution in [0, 0.1) is 6.92 Å². The molecule has 1 aliphatic heterocycles. The maximum absolute atomic E-state index is 13.0. The molecule has 0 atom stereocenters. The maximum Gasteiger partial charge on any atom is 0.416 e. The number of benzene rings is 2. The van der Waals surface area contributed by atoms with Gasteiger partial charge in [-0.3, -0.25) is 4.79 Å². The summed E-state index contributed by atoms with van der Waals surface area (Å²) in [6.07, 6.45) is -3.00. The van der Waals surface area contributed by atoms with E-state index in [1.54, 1.807) is 24.0 Å². The molecular weight excluding hydrogens is 377 g/mol. The van der Waals surface area contributed by atoms with Crippen LogP contribution in [0.2, 0.25) is 5.02 Å². The highest BCUT2D eigenvalue weighted by Gasteiger charge is 2.32. The molecule has 0 radical (unpaired) electrons. The van der Waals surface area contributed by atoms with E-state index in [-0.39, 0.29) is 17.5 Å². The lowest BCUT2D eigenvalue weighted by atomic mass is 10.0. The maximum atomic E-state index is 13.0. The van der Waals surface area contributed by atoms with Crippen molar-refractivity contribution < 1.29 is 18.0 Å². The standard InChI is InChI=1S/C20H20ClF3N2O/c1-13-10-14(12-15(11-13)20(22,23)24)19(27)26-8-6-18(7-9-26)25-17-4-2-16(21)3-5-17/h2-5,10-12,18,25H,6-9H2,1H3. The summed E-state index contributed by atoms with van der Waals surface area (Å²) in [7, 11) is 0. The smallest absolute Gasteiger partial charge is 0.382 e. The Balaban J connectivity index is 1.63. The van der Waals surface area contributed by atoms with Crippen LogP contribution in [0.1, 0.15) is 34.3 Å². The van der Waals surface area contributed by atoms with E-state index in [0.29, 0.717) is 23.7 Å². The monoisotopic (exact) mass is 396 g/mol. The van der Waals surface area contributed by atoms with Crippen LogP contribution in [0.4, 0.5) is 18.9 Å². The Kier molecular flexibility index (Phi) is 5.65. The van der Waals surface area contributed by atoms with Gasteiger partial charge in [0.05, 0.1) is 5.56 Å². The molecule has 2 aromatic rings. The number of alkyl halides is 3. The number of likely N-dealkylation sites (tertiary alicyclic amines) is 1. The molecule has 0 bridgehead atoms. The second-order valence-electron chi connectivity index (χ2n) is 6.80. The summed E-state index contributed by atoms with van der Waals surface area (Å²) in [5.74, 6) is -0.353. The molecule has 0 spiro atoms. The van der Waals surface area contributed by atoms with Crippen LogP contribution in [0.5, 0.6) is 0 Å². The van der Waals surface area contributed by atoms with Crippen LogP contribution in [-0.4, -0.2) is 29.9 Å². The van der Waals surface area contributed by atoms with Gasteiger partial charge >= 0.3 is 6.18 Å². The number of hydrogen-bond acceptors (Lipinski definition) is 2.